The summed E-state index contributed by atoms with van der Waals surface area (Å²) in [5, 5.41) is 3.32. The summed E-state index contributed by atoms with van der Waals surface area (Å²) < 4.78 is 13.1. The predicted molar refractivity (Wildman–Crippen MR) is 60.5 cm³/mol. The van der Waals surface area contributed by atoms with Gasteiger partial charge in [0.25, 0.3) is 0 Å². The summed E-state index contributed by atoms with van der Waals surface area (Å²) in [6, 6.07) is 7.66. The first kappa shape index (κ1) is 10.6. The molecule has 15 heavy (non-hydrogen) atoms. The molecule has 1 fully saturated rings. The van der Waals surface area contributed by atoms with Gasteiger partial charge in [-0.05, 0) is 49.9 Å². The Bertz CT molecular complexity index is 324. The van der Waals surface area contributed by atoms with Crippen LogP contribution in [0.15, 0.2) is 24.3 Å². The fourth-order valence-electron chi connectivity index (χ4n) is 2.52. The first-order valence-electron chi connectivity index (χ1n) is 5.72. The highest BCUT2D eigenvalue weighted by Gasteiger charge is 2.22. The quantitative estimate of drug-likeness (QED) is 0.786. The van der Waals surface area contributed by atoms with E-state index in [1.54, 1.807) is 6.07 Å². The molecule has 2 rings (SSSR count). The second kappa shape index (κ2) is 4.75. The number of benzene rings is 1. The summed E-state index contributed by atoms with van der Waals surface area (Å²) in [6.07, 6.45) is 4.83. The van der Waals surface area contributed by atoms with Crippen molar-refractivity contribution in [1.82, 2.24) is 5.32 Å². The Balaban J connectivity index is 2.09. The third-order valence-electron chi connectivity index (χ3n) is 3.40. The van der Waals surface area contributed by atoms with Crippen LogP contribution in [0.1, 0.15) is 37.2 Å². The molecule has 0 bridgehead atoms. The molecule has 2 atom stereocenters. The molecule has 1 aliphatic rings. The molecule has 0 amide bonds. The van der Waals surface area contributed by atoms with Gasteiger partial charge >= 0.3 is 0 Å². The fraction of sp³-hybridized carbons (Fsp3) is 0.538. The fourth-order valence-corrected chi connectivity index (χ4v) is 2.52. The summed E-state index contributed by atoms with van der Waals surface area (Å²) in [7, 11) is 2.01. The summed E-state index contributed by atoms with van der Waals surface area (Å²) in [6.45, 7) is 0. The molecule has 0 aromatic heterocycles. The molecule has 2 heteroatoms. The first-order valence-corrected chi connectivity index (χ1v) is 5.72. The molecule has 82 valence electrons. The van der Waals surface area contributed by atoms with Crippen molar-refractivity contribution in [2.24, 2.45) is 0 Å². The van der Waals surface area contributed by atoms with Crippen molar-refractivity contribution >= 4 is 0 Å². The lowest BCUT2D eigenvalue weighted by Crippen LogP contribution is -2.30. The number of rotatable bonds is 2. The molecule has 0 saturated heterocycles. The van der Waals surface area contributed by atoms with Crippen molar-refractivity contribution < 1.29 is 4.39 Å². The van der Waals surface area contributed by atoms with Crippen LogP contribution in [0, 0.1) is 5.82 Å². The lowest BCUT2D eigenvalue weighted by atomic mass is 9.81. The summed E-state index contributed by atoms with van der Waals surface area (Å²) in [5.74, 6) is 0.422. The van der Waals surface area contributed by atoms with Crippen molar-refractivity contribution in [3.05, 3.63) is 35.6 Å². The molecule has 1 aromatic carbocycles. The number of halogens is 1. The van der Waals surface area contributed by atoms with Crippen LogP contribution in [0.5, 0.6) is 0 Å². The molecular formula is C13H18FN. The van der Waals surface area contributed by atoms with Gasteiger partial charge in [0.1, 0.15) is 5.82 Å². The second-order valence-electron chi connectivity index (χ2n) is 4.40. The van der Waals surface area contributed by atoms with Crippen LogP contribution in [0.25, 0.3) is 0 Å². The van der Waals surface area contributed by atoms with Gasteiger partial charge in [0, 0.05) is 6.04 Å². The molecule has 1 N–H and O–H groups in total. The van der Waals surface area contributed by atoms with E-state index in [0.717, 1.165) is 12.0 Å². The van der Waals surface area contributed by atoms with Gasteiger partial charge in [-0.3, -0.25) is 0 Å². The maximum Gasteiger partial charge on any atom is 0.123 e. The van der Waals surface area contributed by atoms with Crippen molar-refractivity contribution in [2.75, 3.05) is 7.05 Å². The maximum atomic E-state index is 13.1. The monoisotopic (exact) mass is 207 g/mol. The van der Waals surface area contributed by atoms with Gasteiger partial charge in [-0.15, -0.1) is 0 Å². The molecule has 0 heterocycles. The molecule has 1 saturated carbocycles. The van der Waals surface area contributed by atoms with E-state index in [-0.39, 0.29) is 5.82 Å². The van der Waals surface area contributed by atoms with Gasteiger partial charge in [-0.1, -0.05) is 18.6 Å². The highest BCUT2D eigenvalue weighted by Crippen LogP contribution is 2.32. The van der Waals surface area contributed by atoms with E-state index in [9.17, 15) is 4.39 Å². The van der Waals surface area contributed by atoms with Crippen LogP contribution in [-0.4, -0.2) is 13.1 Å². The van der Waals surface area contributed by atoms with E-state index in [2.05, 4.69) is 5.32 Å². The van der Waals surface area contributed by atoms with Crippen molar-refractivity contribution in [1.29, 1.82) is 0 Å². The van der Waals surface area contributed by atoms with E-state index in [4.69, 9.17) is 0 Å². The molecule has 1 aliphatic carbocycles. The first-order chi connectivity index (χ1) is 7.29. The van der Waals surface area contributed by atoms with Gasteiger partial charge in [0.05, 0.1) is 0 Å². The Kier molecular flexibility index (Phi) is 3.37. The zero-order valence-corrected chi connectivity index (χ0v) is 9.17. The Labute approximate surface area is 90.7 Å². The highest BCUT2D eigenvalue weighted by molar-refractivity contribution is 5.21. The van der Waals surface area contributed by atoms with Gasteiger partial charge in [-0.25, -0.2) is 4.39 Å². The van der Waals surface area contributed by atoms with Crippen LogP contribution < -0.4 is 5.32 Å². The average molecular weight is 207 g/mol. The maximum absolute atomic E-state index is 13.1. The van der Waals surface area contributed by atoms with Gasteiger partial charge in [-0.2, -0.15) is 0 Å². The Morgan fingerprint density at radius 1 is 1.33 bits per heavy atom. The number of nitrogens with one attached hydrogen (secondary N) is 1. The molecule has 0 radical (unpaired) electrons. The largest absolute Gasteiger partial charge is 0.317 e. The Morgan fingerprint density at radius 3 is 2.93 bits per heavy atom. The molecule has 1 nitrogen and oxygen atoms in total. The summed E-state index contributed by atoms with van der Waals surface area (Å²) >= 11 is 0. The molecule has 1 aromatic rings. The van der Waals surface area contributed by atoms with Crippen LogP contribution in [0.2, 0.25) is 0 Å². The van der Waals surface area contributed by atoms with Crippen molar-refractivity contribution in [2.45, 2.75) is 37.6 Å². The van der Waals surface area contributed by atoms with Gasteiger partial charge in [0.15, 0.2) is 0 Å². The number of hydrogen-bond acceptors (Lipinski definition) is 1. The topological polar surface area (TPSA) is 12.0 Å². The minimum Gasteiger partial charge on any atom is -0.317 e. The zero-order valence-electron chi connectivity index (χ0n) is 9.17. The molecule has 0 spiro atoms. The number of hydrogen-bond donors (Lipinski definition) is 1. The zero-order chi connectivity index (χ0) is 10.7. The van der Waals surface area contributed by atoms with Crippen LogP contribution >= 0.6 is 0 Å². The molecular weight excluding hydrogens is 189 g/mol. The summed E-state index contributed by atoms with van der Waals surface area (Å²) in [5.41, 5.74) is 1.16. The van der Waals surface area contributed by atoms with E-state index in [1.165, 1.54) is 25.3 Å². The van der Waals surface area contributed by atoms with E-state index >= 15 is 0 Å². The molecule has 0 aliphatic heterocycles. The Hall–Kier alpha value is -0.890. The third kappa shape index (κ3) is 2.57. The predicted octanol–water partition coefficient (Wildman–Crippen LogP) is 3.07. The van der Waals surface area contributed by atoms with Gasteiger partial charge in [0.2, 0.25) is 0 Å². The SMILES string of the molecule is CNC1CCCC(c2cccc(F)c2)C1. The van der Waals surface area contributed by atoms with E-state index in [0.29, 0.717) is 12.0 Å². The van der Waals surface area contributed by atoms with Crippen LogP contribution in [-0.2, 0) is 0 Å². The van der Waals surface area contributed by atoms with Crippen molar-refractivity contribution in [3.63, 3.8) is 0 Å². The minimum absolute atomic E-state index is 0.112. The van der Waals surface area contributed by atoms with Crippen molar-refractivity contribution in [3.8, 4) is 0 Å². The standard InChI is InChI=1S/C13H18FN/c1-15-13-7-3-5-11(9-13)10-4-2-6-12(14)8-10/h2,4,6,8,11,13,15H,3,5,7,9H2,1H3. The lowest BCUT2D eigenvalue weighted by molar-refractivity contribution is 0.355. The van der Waals surface area contributed by atoms with E-state index < -0.39 is 0 Å². The highest BCUT2D eigenvalue weighted by atomic mass is 19.1. The normalized spacial score (nSPS) is 26.5. The van der Waals surface area contributed by atoms with E-state index in [1.807, 2.05) is 19.2 Å². The van der Waals surface area contributed by atoms with Crippen LogP contribution in [0.4, 0.5) is 4.39 Å². The third-order valence-corrected chi connectivity index (χ3v) is 3.40. The van der Waals surface area contributed by atoms with Crippen LogP contribution in [0.3, 0.4) is 0 Å². The molecule has 2 unspecified atom stereocenters. The summed E-state index contributed by atoms with van der Waals surface area (Å²) in [4.78, 5) is 0. The minimum atomic E-state index is -0.112. The lowest BCUT2D eigenvalue weighted by Gasteiger charge is -2.29. The second-order valence-corrected chi connectivity index (χ2v) is 4.40. The average Bonchev–Trinajstić information content (AvgIpc) is 2.29. The smallest absolute Gasteiger partial charge is 0.123 e. The Morgan fingerprint density at radius 2 is 2.20 bits per heavy atom. The van der Waals surface area contributed by atoms with Gasteiger partial charge < -0.3 is 5.32 Å².